The Kier molecular flexibility index (Phi) is 3.28. The summed E-state index contributed by atoms with van der Waals surface area (Å²) in [4.78, 5) is 11.9. The Balaban J connectivity index is 2.12. The van der Waals surface area contributed by atoms with Crippen molar-refractivity contribution in [3.8, 4) is 0 Å². The summed E-state index contributed by atoms with van der Waals surface area (Å²) in [6, 6.07) is 8.15. The number of thiazole rings is 1. The monoisotopic (exact) mass is 285 g/mol. The van der Waals surface area contributed by atoms with Crippen molar-refractivity contribution >= 4 is 33.0 Å². The quantitative estimate of drug-likeness (QED) is 0.317. The first-order chi connectivity index (χ1) is 9.72. The molecule has 0 bridgehead atoms. The first-order valence-corrected chi connectivity index (χ1v) is 7.18. The minimum Gasteiger partial charge on any atom is -0.391 e. The predicted octanol–water partition coefficient (Wildman–Crippen LogP) is 3.78. The largest absolute Gasteiger partial charge is 0.391 e. The van der Waals surface area contributed by atoms with E-state index < -0.39 is 0 Å². The third-order valence-electron chi connectivity index (χ3n) is 3.11. The summed E-state index contributed by atoms with van der Waals surface area (Å²) in [7, 11) is 0. The van der Waals surface area contributed by atoms with Gasteiger partial charge in [-0.2, -0.15) is 0 Å². The minimum absolute atomic E-state index is 0.418. The van der Waals surface area contributed by atoms with Crippen molar-refractivity contribution in [2.75, 3.05) is 6.61 Å². The van der Waals surface area contributed by atoms with E-state index in [1.165, 1.54) is 0 Å². The molecule has 2 aromatic heterocycles. The second-order valence-electron chi connectivity index (χ2n) is 4.50. The van der Waals surface area contributed by atoms with Crippen molar-refractivity contribution in [1.82, 2.24) is 9.38 Å². The molecular weight excluding hydrogens is 270 g/mol. The molecule has 4 nitrogen and oxygen atoms in total. The summed E-state index contributed by atoms with van der Waals surface area (Å²) < 4.78 is 2.17. The standard InChI is InChI=1S/C15H15N3OS/c1-4-9-19-17-10(2)14-11(3)18-13-8-6-5-7-12(13)16-15(18)20-14/h4-8H,1,9H2,2-3H3/b17-10+. The molecule has 0 aliphatic carbocycles. The molecule has 2 heterocycles. The van der Waals surface area contributed by atoms with Crippen LogP contribution in [0.5, 0.6) is 0 Å². The van der Waals surface area contributed by atoms with Crippen molar-refractivity contribution in [2.45, 2.75) is 13.8 Å². The van der Waals surface area contributed by atoms with Gasteiger partial charge >= 0.3 is 0 Å². The molecule has 0 unspecified atom stereocenters. The Morgan fingerprint density at radius 3 is 3.10 bits per heavy atom. The number of benzene rings is 1. The smallest absolute Gasteiger partial charge is 0.195 e. The summed E-state index contributed by atoms with van der Waals surface area (Å²) >= 11 is 1.63. The van der Waals surface area contributed by atoms with Gasteiger partial charge in [-0.05, 0) is 26.0 Å². The molecule has 0 aliphatic heterocycles. The van der Waals surface area contributed by atoms with Crippen LogP contribution in [0, 0.1) is 6.92 Å². The van der Waals surface area contributed by atoms with E-state index in [4.69, 9.17) is 4.84 Å². The Morgan fingerprint density at radius 2 is 2.30 bits per heavy atom. The number of aromatic nitrogens is 2. The second-order valence-corrected chi connectivity index (χ2v) is 5.47. The first-order valence-electron chi connectivity index (χ1n) is 6.36. The SMILES string of the molecule is C=CCO/N=C(\C)c1sc2nc3ccccc3n2c1C. The van der Waals surface area contributed by atoms with Crippen molar-refractivity contribution in [3.63, 3.8) is 0 Å². The van der Waals surface area contributed by atoms with E-state index >= 15 is 0 Å². The molecule has 0 N–H and O–H groups in total. The third kappa shape index (κ3) is 2.00. The van der Waals surface area contributed by atoms with Crippen molar-refractivity contribution < 1.29 is 4.84 Å². The molecule has 1 aromatic carbocycles. The van der Waals surface area contributed by atoms with Crippen LogP contribution in [-0.2, 0) is 4.84 Å². The van der Waals surface area contributed by atoms with Gasteiger partial charge in [-0.3, -0.25) is 4.40 Å². The van der Waals surface area contributed by atoms with E-state index in [0.29, 0.717) is 6.61 Å². The van der Waals surface area contributed by atoms with Gasteiger partial charge < -0.3 is 4.84 Å². The molecule has 0 amide bonds. The van der Waals surface area contributed by atoms with Gasteiger partial charge in [-0.1, -0.05) is 41.3 Å². The van der Waals surface area contributed by atoms with E-state index in [9.17, 15) is 0 Å². The summed E-state index contributed by atoms with van der Waals surface area (Å²) in [5.74, 6) is 0. The highest BCUT2D eigenvalue weighted by Gasteiger charge is 2.15. The number of hydrogen-bond acceptors (Lipinski definition) is 4. The molecule has 0 aliphatic rings. The number of para-hydroxylation sites is 2. The number of fused-ring (bicyclic) bond motifs is 3. The zero-order valence-electron chi connectivity index (χ0n) is 11.5. The van der Waals surface area contributed by atoms with Gasteiger partial charge in [0.2, 0.25) is 0 Å². The van der Waals surface area contributed by atoms with Gasteiger partial charge in [0.05, 0.1) is 21.6 Å². The molecule has 3 aromatic rings. The van der Waals surface area contributed by atoms with Crippen LogP contribution in [0.15, 0.2) is 42.1 Å². The van der Waals surface area contributed by atoms with E-state index in [2.05, 4.69) is 34.1 Å². The predicted molar refractivity (Wildman–Crippen MR) is 83.7 cm³/mol. The van der Waals surface area contributed by atoms with Crippen LogP contribution >= 0.6 is 11.3 Å². The van der Waals surface area contributed by atoms with Gasteiger partial charge in [-0.25, -0.2) is 4.98 Å². The van der Waals surface area contributed by atoms with E-state index in [0.717, 1.165) is 32.3 Å². The fourth-order valence-corrected chi connectivity index (χ4v) is 3.30. The summed E-state index contributed by atoms with van der Waals surface area (Å²) in [5.41, 5.74) is 4.15. The molecule has 0 spiro atoms. The van der Waals surface area contributed by atoms with Crippen LogP contribution in [0.3, 0.4) is 0 Å². The van der Waals surface area contributed by atoms with E-state index in [1.54, 1.807) is 17.4 Å². The normalized spacial score (nSPS) is 12.2. The molecular formula is C15H15N3OS. The number of hydrogen-bond donors (Lipinski definition) is 0. The highest BCUT2D eigenvalue weighted by molar-refractivity contribution is 7.19. The maximum absolute atomic E-state index is 5.16. The molecule has 0 fully saturated rings. The van der Waals surface area contributed by atoms with Crippen LogP contribution in [0.1, 0.15) is 17.5 Å². The van der Waals surface area contributed by atoms with Crippen LogP contribution in [0.25, 0.3) is 16.0 Å². The fourth-order valence-electron chi connectivity index (χ4n) is 2.23. The topological polar surface area (TPSA) is 38.9 Å². The Morgan fingerprint density at radius 1 is 1.50 bits per heavy atom. The lowest BCUT2D eigenvalue weighted by Crippen LogP contribution is -1.97. The zero-order valence-corrected chi connectivity index (χ0v) is 12.3. The average Bonchev–Trinajstić information content (AvgIpc) is 2.96. The summed E-state index contributed by atoms with van der Waals surface area (Å²) in [6.07, 6.45) is 1.68. The molecule has 5 heteroatoms. The highest BCUT2D eigenvalue weighted by Crippen LogP contribution is 2.28. The minimum atomic E-state index is 0.418. The van der Waals surface area contributed by atoms with Crippen LogP contribution in [0.2, 0.25) is 0 Å². The Bertz CT molecular complexity index is 813. The van der Waals surface area contributed by atoms with Crippen molar-refractivity contribution in [1.29, 1.82) is 0 Å². The van der Waals surface area contributed by atoms with E-state index in [-0.39, 0.29) is 0 Å². The Labute approximate surface area is 121 Å². The van der Waals surface area contributed by atoms with Crippen LogP contribution < -0.4 is 0 Å². The Hall–Kier alpha value is -2.14. The number of rotatable bonds is 4. The second kappa shape index (κ2) is 5.09. The average molecular weight is 285 g/mol. The molecule has 0 saturated carbocycles. The molecule has 0 radical (unpaired) electrons. The first kappa shape index (κ1) is 12.9. The molecule has 0 atom stereocenters. The maximum Gasteiger partial charge on any atom is 0.195 e. The maximum atomic E-state index is 5.16. The van der Waals surface area contributed by atoms with Gasteiger partial charge in [0.25, 0.3) is 0 Å². The number of nitrogens with zero attached hydrogens (tertiary/aromatic N) is 3. The lowest BCUT2D eigenvalue weighted by molar-refractivity contribution is 0.175. The van der Waals surface area contributed by atoms with E-state index in [1.807, 2.05) is 25.1 Å². The van der Waals surface area contributed by atoms with Crippen LogP contribution in [-0.4, -0.2) is 21.7 Å². The van der Waals surface area contributed by atoms with Gasteiger partial charge in [0.1, 0.15) is 6.61 Å². The molecule has 3 rings (SSSR count). The molecule has 102 valence electrons. The zero-order chi connectivity index (χ0) is 14.1. The molecule has 0 saturated heterocycles. The highest BCUT2D eigenvalue weighted by atomic mass is 32.1. The van der Waals surface area contributed by atoms with Gasteiger partial charge in [0.15, 0.2) is 4.96 Å². The third-order valence-corrected chi connectivity index (χ3v) is 4.36. The van der Waals surface area contributed by atoms with Gasteiger partial charge in [-0.15, -0.1) is 0 Å². The lowest BCUT2D eigenvalue weighted by atomic mass is 10.3. The number of oxime groups is 1. The summed E-state index contributed by atoms with van der Waals surface area (Å²) in [5, 5.41) is 4.11. The van der Waals surface area contributed by atoms with Gasteiger partial charge in [0, 0.05) is 5.69 Å². The molecule has 20 heavy (non-hydrogen) atoms. The fraction of sp³-hybridized carbons (Fsp3) is 0.200. The van der Waals surface area contributed by atoms with Crippen molar-refractivity contribution in [3.05, 3.63) is 47.5 Å². The van der Waals surface area contributed by atoms with Crippen LogP contribution in [0.4, 0.5) is 0 Å². The summed E-state index contributed by atoms with van der Waals surface area (Å²) in [6.45, 7) is 8.05. The lowest BCUT2D eigenvalue weighted by Gasteiger charge is -2.00. The van der Waals surface area contributed by atoms with Crippen molar-refractivity contribution in [2.24, 2.45) is 5.16 Å². The number of imidazole rings is 1. The number of aryl methyl sites for hydroxylation is 1.